The zero-order valence-electron chi connectivity index (χ0n) is 15.6. The number of H-pyrrole nitrogens is 1. The Morgan fingerprint density at radius 3 is 2.48 bits per heavy atom. The molecule has 4 nitrogen and oxygen atoms in total. The largest absolute Gasteiger partial charge is 0.320 e. The number of anilines is 1. The molecule has 0 aliphatic rings. The first kappa shape index (κ1) is 19.3. The lowest BCUT2D eigenvalue weighted by molar-refractivity contribution is 0.102. The maximum atomic E-state index is 12.8. The minimum Gasteiger partial charge on any atom is -0.320 e. The van der Waals surface area contributed by atoms with E-state index in [0.29, 0.717) is 10.7 Å². The summed E-state index contributed by atoms with van der Waals surface area (Å²) in [7, 11) is 0. The average molecular weight is 420 g/mol. The minimum absolute atomic E-state index is 0.236. The fraction of sp³-hybridized carbons (Fsp3) is 0.0435. The van der Waals surface area contributed by atoms with E-state index in [-0.39, 0.29) is 5.91 Å². The molecule has 0 radical (unpaired) electrons. The van der Waals surface area contributed by atoms with Gasteiger partial charge in [0.1, 0.15) is 5.69 Å². The molecule has 1 amide bonds. The molecular formula is C23H18ClN3OS. The summed E-state index contributed by atoms with van der Waals surface area (Å²) in [5.74, 6) is -0.236. The summed E-state index contributed by atoms with van der Waals surface area (Å²) in [4.78, 5) is 14.7. The van der Waals surface area contributed by atoms with Crippen LogP contribution in [0.1, 0.15) is 16.1 Å². The topological polar surface area (TPSA) is 57.8 Å². The van der Waals surface area contributed by atoms with Gasteiger partial charge in [-0.3, -0.25) is 9.89 Å². The number of aryl methyl sites for hydroxylation is 1. The lowest BCUT2D eigenvalue weighted by atomic mass is 10.1. The molecule has 0 saturated carbocycles. The second-order valence-electron chi connectivity index (χ2n) is 6.54. The summed E-state index contributed by atoms with van der Waals surface area (Å²) in [5, 5.41) is 10.8. The van der Waals surface area contributed by atoms with Gasteiger partial charge in [0.05, 0.1) is 11.4 Å². The molecule has 0 unspecified atom stereocenters. The molecule has 29 heavy (non-hydrogen) atoms. The van der Waals surface area contributed by atoms with Crippen LogP contribution in [-0.4, -0.2) is 16.1 Å². The zero-order chi connectivity index (χ0) is 20.2. The lowest BCUT2D eigenvalue weighted by Gasteiger charge is -2.10. The molecule has 4 aromatic rings. The molecule has 0 saturated heterocycles. The third kappa shape index (κ3) is 4.70. The quantitative estimate of drug-likeness (QED) is 0.391. The van der Waals surface area contributed by atoms with Gasteiger partial charge in [0.2, 0.25) is 0 Å². The predicted molar refractivity (Wildman–Crippen MR) is 119 cm³/mol. The van der Waals surface area contributed by atoms with Crippen molar-refractivity contribution in [3.8, 4) is 11.3 Å². The number of halogens is 1. The maximum absolute atomic E-state index is 12.8. The van der Waals surface area contributed by atoms with Crippen LogP contribution >= 0.6 is 23.4 Å². The van der Waals surface area contributed by atoms with E-state index < -0.39 is 0 Å². The number of benzene rings is 3. The Balaban J connectivity index is 1.52. The van der Waals surface area contributed by atoms with Crippen LogP contribution in [0.15, 0.2) is 88.7 Å². The van der Waals surface area contributed by atoms with Crippen molar-refractivity contribution in [2.45, 2.75) is 16.7 Å². The van der Waals surface area contributed by atoms with E-state index in [0.717, 1.165) is 26.7 Å². The monoisotopic (exact) mass is 419 g/mol. The van der Waals surface area contributed by atoms with Crippen LogP contribution in [0.3, 0.4) is 0 Å². The molecule has 0 atom stereocenters. The molecule has 4 rings (SSSR count). The molecule has 2 N–H and O–H groups in total. The molecule has 1 heterocycles. The van der Waals surface area contributed by atoms with Crippen molar-refractivity contribution < 1.29 is 4.79 Å². The van der Waals surface area contributed by atoms with Gasteiger partial charge in [0.25, 0.3) is 5.91 Å². The third-order valence-corrected chi connectivity index (χ3v) is 5.68. The second kappa shape index (κ2) is 8.55. The van der Waals surface area contributed by atoms with Crippen LogP contribution in [0.25, 0.3) is 11.3 Å². The Bertz CT molecular complexity index is 1140. The number of amides is 1. The summed E-state index contributed by atoms with van der Waals surface area (Å²) in [6.45, 7) is 2.03. The summed E-state index contributed by atoms with van der Waals surface area (Å²) >= 11 is 7.53. The van der Waals surface area contributed by atoms with Gasteiger partial charge in [-0.2, -0.15) is 5.10 Å². The zero-order valence-corrected chi connectivity index (χ0v) is 17.2. The van der Waals surface area contributed by atoms with Gasteiger partial charge < -0.3 is 5.32 Å². The summed E-state index contributed by atoms with van der Waals surface area (Å²) < 4.78 is 0. The van der Waals surface area contributed by atoms with Gasteiger partial charge in [-0.25, -0.2) is 0 Å². The van der Waals surface area contributed by atoms with E-state index in [9.17, 15) is 4.79 Å². The third-order valence-electron chi connectivity index (χ3n) is 4.35. The van der Waals surface area contributed by atoms with Crippen molar-refractivity contribution in [1.82, 2.24) is 10.2 Å². The molecule has 0 spiro atoms. The highest BCUT2D eigenvalue weighted by Crippen LogP contribution is 2.34. The van der Waals surface area contributed by atoms with E-state index in [4.69, 9.17) is 11.6 Å². The van der Waals surface area contributed by atoms with E-state index in [1.165, 1.54) is 5.56 Å². The highest BCUT2D eigenvalue weighted by Gasteiger charge is 2.13. The van der Waals surface area contributed by atoms with Gasteiger partial charge >= 0.3 is 0 Å². The summed E-state index contributed by atoms with van der Waals surface area (Å²) in [6, 6.07) is 25.1. The number of carbonyl (C=O) groups excluding carboxylic acids is 1. The Kier molecular flexibility index (Phi) is 5.69. The Labute approximate surface area is 178 Å². The predicted octanol–water partition coefficient (Wildman–Crippen LogP) is 6.44. The van der Waals surface area contributed by atoms with Crippen LogP contribution in [0.4, 0.5) is 5.69 Å². The van der Waals surface area contributed by atoms with Crippen LogP contribution in [-0.2, 0) is 0 Å². The van der Waals surface area contributed by atoms with E-state index in [1.807, 2.05) is 79.7 Å². The molecule has 0 bridgehead atoms. The first-order valence-corrected chi connectivity index (χ1v) is 10.2. The maximum Gasteiger partial charge on any atom is 0.273 e. The average Bonchev–Trinajstić information content (AvgIpc) is 3.22. The standard InChI is InChI=1S/C23H18ClN3OS/c1-15-6-8-16(9-7-15)20-14-21(27-26-20)23(28)25-19-4-2-3-5-22(19)29-18-12-10-17(24)11-13-18/h2-14H,1H3,(H,25,28)(H,26,27). The number of hydrogen-bond acceptors (Lipinski definition) is 3. The van der Waals surface area contributed by atoms with Gasteiger partial charge in [-0.15, -0.1) is 0 Å². The highest BCUT2D eigenvalue weighted by molar-refractivity contribution is 7.99. The smallest absolute Gasteiger partial charge is 0.273 e. The molecule has 6 heteroatoms. The van der Waals surface area contributed by atoms with E-state index >= 15 is 0 Å². The van der Waals surface area contributed by atoms with Gasteiger partial charge in [0.15, 0.2) is 0 Å². The highest BCUT2D eigenvalue weighted by atomic mass is 35.5. The number of nitrogens with zero attached hydrogens (tertiary/aromatic N) is 1. The van der Waals surface area contributed by atoms with Crippen molar-refractivity contribution in [1.29, 1.82) is 0 Å². The number of hydrogen-bond donors (Lipinski definition) is 2. The number of aromatic amines is 1. The van der Waals surface area contributed by atoms with Gasteiger partial charge in [-0.05, 0) is 49.4 Å². The summed E-state index contributed by atoms with van der Waals surface area (Å²) in [6.07, 6.45) is 0. The SMILES string of the molecule is Cc1ccc(-c2cc(C(=O)Nc3ccccc3Sc3ccc(Cl)cc3)[nH]n2)cc1. The number of carbonyl (C=O) groups is 1. The van der Waals surface area contributed by atoms with Crippen molar-refractivity contribution in [3.63, 3.8) is 0 Å². The molecule has 1 aromatic heterocycles. The first-order valence-electron chi connectivity index (χ1n) is 9.05. The van der Waals surface area contributed by atoms with Gasteiger partial charge in [0, 0.05) is 20.4 Å². The van der Waals surface area contributed by atoms with Crippen molar-refractivity contribution >= 4 is 35.0 Å². The minimum atomic E-state index is -0.236. The summed E-state index contributed by atoms with van der Waals surface area (Å²) in [5.41, 5.74) is 4.02. The van der Waals surface area contributed by atoms with E-state index in [2.05, 4.69) is 15.5 Å². The van der Waals surface area contributed by atoms with Crippen LogP contribution in [0.2, 0.25) is 5.02 Å². The Morgan fingerprint density at radius 2 is 1.72 bits per heavy atom. The number of aromatic nitrogens is 2. The van der Waals surface area contributed by atoms with Crippen molar-refractivity contribution in [2.75, 3.05) is 5.32 Å². The fourth-order valence-corrected chi connectivity index (χ4v) is 3.82. The second-order valence-corrected chi connectivity index (χ2v) is 8.09. The Hall–Kier alpha value is -3.02. The van der Waals surface area contributed by atoms with Gasteiger partial charge in [-0.1, -0.05) is 65.3 Å². The molecular weight excluding hydrogens is 402 g/mol. The number of nitrogens with one attached hydrogen (secondary N) is 2. The Morgan fingerprint density at radius 1 is 1.00 bits per heavy atom. The normalized spacial score (nSPS) is 10.7. The lowest BCUT2D eigenvalue weighted by Crippen LogP contribution is -2.12. The van der Waals surface area contributed by atoms with Crippen LogP contribution in [0.5, 0.6) is 0 Å². The first-order chi connectivity index (χ1) is 14.1. The molecule has 0 aliphatic carbocycles. The molecule has 3 aromatic carbocycles. The molecule has 0 fully saturated rings. The van der Waals surface area contributed by atoms with E-state index in [1.54, 1.807) is 17.8 Å². The van der Waals surface area contributed by atoms with Crippen LogP contribution < -0.4 is 5.32 Å². The molecule has 144 valence electrons. The number of rotatable bonds is 5. The molecule has 0 aliphatic heterocycles. The van der Waals surface area contributed by atoms with Crippen molar-refractivity contribution in [3.05, 3.63) is 95.1 Å². The number of para-hydroxylation sites is 1. The fourth-order valence-electron chi connectivity index (χ4n) is 2.79. The van der Waals surface area contributed by atoms with Crippen molar-refractivity contribution in [2.24, 2.45) is 0 Å². The van der Waals surface area contributed by atoms with Crippen LogP contribution in [0, 0.1) is 6.92 Å².